The van der Waals surface area contributed by atoms with E-state index in [9.17, 15) is 9.59 Å². The SMILES string of the molecule is Cn1cc(CCCn2c(=O)c3c(ncn3C)n(C)c2=O)cn1. The molecule has 0 aliphatic carbocycles. The van der Waals surface area contributed by atoms with Gasteiger partial charge in [0.15, 0.2) is 11.2 Å². The van der Waals surface area contributed by atoms with Crippen LogP contribution in [0.4, 0.5) is 0 Å². The molecular formula is C14H18N6O2. The minimum Gasteiger partial charge on any atom is -0.328 e. The van der Waals surface area contributed by atoms with E-state index >= 15 is 0 Å². The molecule has 116 valence electrons. The zero-order valence-corrected chi connectivity index (χ0v) is 12.9. The topological polar surface area (TPSA) is 79.6 Å². The van der Waals surface area contributed by atoms with Gasteiger partial charge in [0.05, 0.1) is 12.5 Å². The molecule has 0 fully saturated rings. The van der Waals surface area contributed by atoms with Crippen LogP contribution in [0.2, 0.25) is 0 Å². The van der Waals surface area contributed by atoms with Crippen molar-refractivity contribution in [3.8, 4) is 0 Å². The summed E-state index contributed by atoms with van der Waals surface area (Å²) < 4.78 is 6.08. The van der Waals surface area contributed by atoms with Gasteiger partial charge in [0.1, 0.15) is 0 Å². The minimum atomic E-state index is -0.331. The smallest absolute Gasteiger partial charge is 0.328 e. The first kappa shape index (κ1) is 14.3. The average molecular weight is 302 g/mol. The Bertz CT molecular complexity index is 943. The van der Waals surface area contributed by atoms with Gasteiger partial charge >= 0.3 is 5.69 Å². The Hall–Kier alpha value is -2.64. The van der Waals surface area contributed by atoms with Gasteiger partial charge in [0.2, 0.25) is 0 Å². The van der Waals surface area contributed by atoms with Gasteiger partial charge in [-0.25, -0.2) is 9.78 Å². The Morgan fingerprint density at radius 3 is 2.64 bits per heavy atom. The van der Waals surface area contributed by atoms with Crippen LogP contribution in [0.25, 0.3) is 11.2 Å². The molecule has 0 aliphatic rings. The molecule has 0 aliphatic heterocycles. The average Bonchev–Trinajstić information content (AvgIpc) is 3.06. The molecule has 0 atom stereocenters. The lowest BCUT2D eigenvalue weighted by Gasteiger charge is -2.08. The van der Waals surface area contributed by atoms with Gasteiger partial charge < -0.3 is 4.57 Å². The molecule has 8 nitrogen and oxygen atoms in total. The highest BCUT2D eigenvalue weighted by molar-refractivity contribution is 5.69. The summed E-state index contributed by atoms with van der Waals surface area (Å²) in [6.07, 6.45) is 6.75. The Kier molecular flexibility index (Phi) is 3.44. The van der Waals surface area contributed by atoms with E-state index in [0.717, 1.165) is 12.0 Å². The first-order valence-electron chi connectivity index (χ1n) is 7.07. The molecule has 0 N–H and O–H groups in total. The quantitative estimate of drug-likeness (QED) is 0.668. The number of aromatic nitrogens is 6. The molecular weight excluding hydrogens is 284 g/mol. The maximum atomic E-state index is 12.5. The molecule has 8 heteroatoms. The van der Waals surface area contributed by atoms with Crippen molar-refractivity contribution in [1.82, 2.24) is 28.5 Å². The molecule has 3 aromatic heterocycles. The van der Waals surface area contributed by atoms with Crippen LogP contribution in [0.3, 0.4) is 0 Å². The second kappa shape index (κ2) is 5.28. The maximum Gasteiger partial charge on any atom is 0.332 e. The number of hydrogen-bond donors (Lipinski definition) is 0. The Morgan fingerprint density at radius 1 is 1.18 bits per heavy atom. The van der Waals surface area contributed by atoms with E-state index in [1.807, 2.05) is 13.2 Å². The molecule has 0 saturated carbocycles. The summed E-state index contributed by atoms with van der Waals surface area (Å²) in [6.45, 7) is 0.377. The lowest BCUT2D eigenvalue weighted by atomic mass is 10.2. The monoisotopic (exact) mass is 302 g/mol. The van der Waals surface area contributed by atoms with Crippen molar-refractivity contribution in [2.75, 3.05) is 0 Å². The lowest BCUT2D eigenvalue weighted by molar-refractivity contribution is 0.571. The van der Waals surface area contributed by atoms with Crippen LogP contribution >= 0.6 is 0 Å². The third-order valence-corrected chi connectivity index (χ3v) is 3.81. The van der Waals surface area contributed by atoms with Gasteiger partial charge in [-0.15, -0.1) is 0 Å². The standard InChI is InChI=1S/C14H18N6O2/c1-17-9-15-12-11(17)13(21)20(14(22)19(12)3)6-4-5-10-7-16-18(2)8-10/h7-9H,4-6H2,1-3H3. The van der Waals surface area contributed by atoms with E-state index in [0.29, 0.717) is 24.1 Å². The first-order chi connectivity index (χ1) is 10.5. The predicted molar refractivity (Wildman–Crippen MR) is 81.7 cm³/mol. The van der Waals surface area contributed by atoms with E-state index in [-0.39, 0.29) is 11.2 Å². The zero-order chi connectivity index (χ0) is 15.9. The van der Waals surface area contributed by atoms with Crippen LogP contribution in [-0.2, 0) is 34.1 Å². The number of imidazole rings is 1. The second-order valence-electron chi connectivity index (χ2n) is 5.45. The van der Waals surface area contributed by atoms with Crippen molar-refractivity contribution in [1.29, 1.82) is 0 Å². The summed E-state index contributed by atoms with van der Waals surface area (Å²) in [7, 11) is 5.25. The van der Waals surface area contributed by atoms with Crippen LogP contribution in [0, 0.1) is 0 Å². The van der Waals surface area contributed by atoms with E-state index in [4.69, 9.17) is 0 Å². The van der Waals surface area contributed by atoms with Crippen LogP contribution in [0.5, 0.6) is 0 Å². The highest BCUT2D eigenvalue weighted by atomic mass is 16.2. The van der Waals surface area contributed by atoms with E-state index in [1.54, 1.807) is 35.9 Å². The summed E-state index contributed by atoms with van der Waals surface area (Å²) in [5.41, 5.74) is 1.34. The number of rotatable bonds is 4. The van der Waals surface area contributed by atoms with Gasteiger partial charge in [-0.05, 0) is 18.4 Å². The molecule has 0 aromatic carbocycles. The molecule has 0 unspecified atom stereocenters. The van der Waals surface area contributed by atoms with Crippen LogP contribution in [0.1, 0.15) is 12.0 Å². The zero-order valence-electron chi connectivity index (χ0n) is 12.9. The van der Waals surface area contributed by atoms with E-state index < -0.39 is 0 Å². The van der Waals surface area contributed by atoms with Gasteiger partial charge in [-0.1, -0.05) is 0 Å². The molecule has 3 heterocycles. The molecule has 0 saturated heterocycles. The second-order valence-corrected chi connectivity index (χ2v) is 5.45. The molecule has 22 heavy (non-hydrogen) atoms. The summed E-state index contributed by atoms with van der Waals surface area (Å²) in [4.78, 5) is 28.9. The van der Waals surface area contributed by atoms with Crippen molar-refractivity contribution in [3.63, 3.8) is 0 Å². The van der Waals surface area contributed by atoms with Crippen molar-refractivity contribution in [2.24, 2.45) is 21.1 Å². The number of fused-ring (bicyclic) bond motifs is 1. The third-order valence-electron chi connectivity index (χ3n) is 3.81. The number of aryl methyl sites for hydroxylation is 4. The fourth-order valence-electron chi connectivity index (χ4n) is 2.64. The van der Waals surface area contributed by atoms with E-state index in [2.05, 4.69) is 10.1 Å². The molecule has 3 rings (SSSR count). The molecule has 3 aromatic rings. The highest BCUT2D eigenvalue weighted by Crippen LogP contribution is 2.04. The summed E-state index contributed by atoms with van der Waals surface area (Å²) >= 11 is 0. The van der Waals surface area contributed by atoms with Gasteiger partial charge in [-0.2, -0.15) is 5.10 Å². The van der Waals surface area contributed by atoms with Crippen LogP contribution < -0.4 is 11.2 Å². The fourth-order valence-corrected chi connectivity index (χ4v) is 2.64. The van der Waals surface area contributed by atoms with E-state index in [1.165, 1.54) is 9.13 Å². The summed E-state index contributed by atoms with van der Waals surface area (Å²) in [5.74, 6) is 0. The predicted octanol–water partition coefficient (Wildman–Crippen LogP) is -0.200. The van der Waals surface area contributed by atoms with Gasteiger partial charge in [0, 0.05) is 33.9 Å². The number of nitrogens with zero attached hydrogens (tertiary/aromatic N) is 6. The first-order valence-corrected chi connectivity index (χ1v) is 7.07. The highest BCUT2D eigenvalue weighted by Gasteiger charge is 2.14. The van der Waals surface area contributed by atoms with Crippen molar-refractivity contribution in [2.45, 2.75) is 19.4 Å². The normalized spacial score (nSPS) is 11.4. The third kappa shape index (κ3) is 2.26. The Labute approximate surface area is 126 Å². The number of hydrogen-bond acceptors (Lipinski definition) is 4. The van der Waals surface area contributed by atoms with Crippen molar-refractivity contribution < 1.29 is 0 Å². The molecule has 0 amide bonds. The van der Waals surface area contributed by atoms with Crippen molar-refractivity contribution >= 4 is 11.2 Å². The summed E-state index contributed by atoms with van der Waals surface area (Å²) in [6, 6.07) is 0. The van der Waals surface area contributed by atoms with Crippen LogP contribution in [0.15, 0.2) is 28.3 Å². The van der Waals surface area contributed by atoms with Gasteiger partial charge in [-0.3, -0.25) is 18.6 Å². The molecule has 0 spiro atoms. The van der Waals surface area contributed by atoms with Crippen molar-refractivity contribution in [3.05, 3.63) is 45.1 Å². The Balaban J connectivity index is 1.92. The summed E-state index contributed by atoms with van der Waals surface area (Å²) in [5, 5.41) is 4.11. The van der Waals surface area contributed by atoms with Crippen LogP contribution in [-0.4, -0.2) is 28.5 Å². The largest absolute Gasteiger partial charge is 0.332 e. The lowest BCUT2D eigenvalue weighted by Crippen LogP contribution is -2.39. The maximum absolute atomic E-state index is 12.5. The molecule has 0 bridgehead atoms. The fraction of sp³-hybridized carbons (Fsp3) is 0.429. The minimum absolute atomic E-state index is 0.288. The Morgan fingerprint density at radius 2 is 1.95 bits per heavy atom. The molecule has 0 radical (unpaired) electrons. The van der Waals surface area contributed by atoms with Gasteiger partial charge in [0.25, 0.3) is 5.56 Å².